The fourth-order valence-corrected chi connectivity index (χ4v) is 1.81. The second-order valence-electron chi connectivity index (χ2n) is 4.53. The van der Waals surface area contributed by atoms with Crippen LogP contribution in [0.3, 0.4) is 0 Å². The van der Waals surface area contributed by atoms with Crippen LogP contribution in [0.25, 0.3) is 0 Å². The van der Waals surface area contributed by atoms with Gasteiger partial charge in [-0.15, -0.1) is 0 Å². The Morgan fingerprint density at radius 1 is 1.21 bits per heavy atom. The van der Waals surface area contributed by atoms with Gasteiger partial charge in [0.15, 0.2) is 0 Å². The molecule has 0 saturated carbocycles. The van der Waals surface area contributed by atoms with Gasteiger partial charge in [0.2, 0.25) is 0 Å². The summed E-state index contributed by atoms with van der Waals surface area (Å²) in [4.78, 5) is 0. The van der Waals surface area contributed by atoms with Gasteiger partial charge in [0.25, 0.3) is 0 Å². The van der Waals surface area contributed by atoms with Gasteiger partial charge in [-0.3, -0.25) is 0 Å². The van der Waals surface area contributed by atoms with E-state index in [0.717, 1.165) is 6.42 Å². The number of aryl methyl sites for hydroxylation is 1. The van der Waals surface area contributed by atoms with Crippen molar-refractivity contribution in [2.45, 2.75) is 40.2 Å². The van der Waals surface area contributed by atoms with Crippen LogP contribution in [0.2, 0.25) is 0 Å². The van der Waals surface area contributed by atoms with E-state index in [4.69, 9.17) is 5.73 Å². The molecular formula is C13H21N. The molecule has 0 spiro atoms. The first-order chi connectivity index (χ1) is 6.52. The minimum absolute atomic E-state index is 0.190. The Kier molecular flexibility index (Phi) is 3.70. The summed E-state index contributed by atoms with van der Waals surface area (Å²) in [5.41, 5.74) is 10.2. The van der Waals surface area contributed by atoms with Crippen molar-refractivity contribution >= 4 is 0 Å². The van der Waals surface area contributed by atoms with Crippen molar-refractivity contribution < 1.29 is 0 Å². The van der Waals surface area contributed by atoms with Crippen LogP contribution in [0.4, 0.5) is 0 Å². The van der Waals surface area contributed by atoms with Crippen molar-refractivity contribution in [3.63, 3.8) is 0 Å². The molecule has 0 saturated heterocycles. The lowest BCUT2D eigenvalue weighted by molar-refractivity contribution is 0.508. The van der Waals surface area contributed by atoms with Crippen molar-refractivity contribution in [3.8, 4) is 0 Å². The predicted molar refractivity (Wildman–Crippen MR) is 62.3 cm³/mol. The molecule has 1 atom stereocenters. The highest BCUT2D eigenvalue weighted by molar-refractivity contribution is 5.35. The fourth-order valence-electron chi connectivity index (χ4n) is 1.81. The van der Waals surface area contributed by atoms with Crippen molar-refractivity contribution in [3.05, 3.63) is 34.9 Å². The molecule has 1 heteroatoms. The Morgan fingerprint density at radius 3 is 2.43 bits per heavy atom. The normalized spacial score (nSPS) is 13.3. The van der Waals surface area contributed by atoms with E-state index >= 15 is 0 Å². The summed E-state index contributed by atoms with van der Waals surface area (Å²) in [5, 5.41) is 0. The van der Waals surface area contributed by atoms with E-state index in [1.807, 2.05) is 0 Å². The van der Waals surface area contributed by atoms with E-state index in [0.29, 0.717) is 5.92 Å². The number of hydrogen-bond acceptors (Lipinski definition) is 1. The molecule has 14 heavy (non-hydrogen) atoms. The first-order valence-electron chi connectivity index (χ1n) is 5.34. The van der Waals surface area contributed by atoms with Crippen molar-refractivity contribution in [1.29, 1.82) is 0 Å². The zero-order valence-electron chi connectivity index (χ0n) is 9.67. The van der Waals surface area contributed by atoms with Crippen LogP contribution >= 0.6 is 0 Å². The van der Waals surface area contributed by atoms with Crippen LogP contribution in [0.5, 0.6) is 0 Å². The summed E-state index contributed by atoms with van der Waals surface area (Å²) in [7, 11) is 0. The zero-order chi connectivity index (χ0) is 10.7. The van der Waals surface area contributed by atoms with Crippen LogP contribution in [0.1, 0.15) is 43.0 Å². The summed E-state index contributed by atoms with van der Waals surface area (Å²) in [5.74, 6) is 0.657. The molecule has 0 heterocycles. The van der Waals surface area contributed by atoms with Crippen LogP contribution in [0.15, 0.2) is 18.2 Å². The average molecular weight is 191 g/mol. The molecule has 0 aromatic heterocycles. The lowest BCUT2D eigenvalue weighted by atomic mass is 9.93. The first kappa shape index (κ1) is 11.3. The predicted octanol–water partition coefficient (Wildman–Crippen LogP) is 3.35. The highest BCUT2D eigenvalue weighted by Crippen LogP contribution is 2.23. The van der Waals surface area contributed by atoms with Crippen LogP contribution < -0.4 is 5.73 Å². The third-order valence-electron chi connectivity index (χ3n) is 2.77. The zero-order valence-corrected chi connectivity index (χ0v) is 9.67. The monoisotopic (exact) mass is 191 g/mol. The molecule has 0 unspecified atom stereocenters. The first-order valence-corrected chi connectivity index (χ1v) is 5.34. The van der Waals surface area contributed by atoms with Crippen LogP contribution in [-0.4, -0.2) is 0 Å². The number of hydrogen-bond donors (Lipinski definition) is 1. The molecule has 1 aromatic carbocycles. The van der Waals surface area contributed by atoms with E-state index in [2.05, 4.69) is 45.9 Å². The van der Waals surface area contributed by atoms with Gasteiger partial charge < -0.3 is 5.73 Å². The molecule has 0 aliphatic carbocycles. The smallest absolute Gasteiger partial charge is 0.0300 e. The van der Waals surface area contributed by atoms with Gasteiger partial charge in [-0.05, 0) is 42.9 Å². The average Bonchev–Trinajstić information content (AvgIpc) is 2.08. The van der Waals surface area contributed by atoms with E-state index in [9.17, 15) is 0 Å². The summed E-state index contributed by atoms with van der Waals surface area (Å²) >= 11 is 0. The highest BCUT2D eigenvalue weighted by Gasteiger charge is 2.11. The summed E-state index contributed by atoms with van der Waals surface area (Å²) in [6.45, 7) is 8.72. The molecule has 78 valence electrons. The maximum absolute atomic E-state index is 6.17. The summed E-state index contributed by atoms with van der Waals surface area (Å²) in [6.07, 6.45) is 1.06. The minimum atomic E-state index is 0.190. The lowest BCUT2D eigenvalue weighted by Crippen LogP contribution is -2.14. The third-order valence-corrected chi connectivity index (χ3v) is 2.77. The second kappa shape index (κ2) is 4.61. The fraction of sp³-hybridized carbons (Fsp3) is 0.538. The maximum Gasteiger partial charge on any atom is 0.0300 e. The topological polar surface area (TPSA) is 26.0 Å². The molecular weight excluding hydrogens is 170 g/mol. The Morgan fingerprint density at radius 2 is 1.86 bits per heavy atom. The summed E-state index contributed by atoms with van der Waals surface area (Å²) < 4.78 is 0. The molecule has 0 fully saturated rings. The standard InChI is InChI=1S/C13H21N/c1-9(2)8-13(14)12-7-5-6-10(3)11(12)4/h5-7,9,13H,8,14H2,1-4H3/t13-/m1/s1. The molecule has 0 amide bonds. The SMILES string of the molecule is Cc1cccc([C@H](N)CC(C)C)c1C. The molecule has 0 radical (unpaired) electrons. The third kappa shape index (κ3) is 2.58. The molecule has 0 bridgehead atoms. The molecule has 1 aromatic rings. The highest BCUT2D eigenvalue weighted by atomic mass is 14.6. The number of nitrogens with two attached hydrogens (primary N) is 1. The second-order valence-corrected chi connectivity index (χ2v) is 4.53. The Balaban J connectivity index is 2.89. The largest absolute Gasteiger partial charge is 0.324 e. The van der Waals surface area contributed by atoms with E-state index in [1.165, 1.54) is 16.7 Å². The van der Waals surface area contributed by atoms with Crippen LogP contribution in [0, 0.1) is 19.8 Å². The molecule has 2 N–H and O–H groups in total. The van der Waals surface area contributed by atoms with Gasteiger partial charge in [-0.25, -0.2) is 0 Å². The molecule has 1 rings (SSSR count). The van der Waals surface area contributed by atoms with Crippen molar-refractivity contribution in [2.24, 2.45) is 11.7 Å². The lowest BCUT2D eigenvalue weighted by Gasteiger charge is -2.17. The Labute approximate surface area is 87.3 Å². The summed E-state index contributed by atoms with van der Waals surface area (Å²) in [6, 6.07) is 6.57. The minimum Gasteiger partial charge on any atom is -0.324 e. The van der Waals surface area contributed by atoms with Crippen LogP contribution in [-0.2, 0) is 0 Å². The van der Waals surface area contributed by atoms with E-state index < -0.39 is 0 Å². The Bertz CT molecular complexity index is 302. The van der Waals surface area contributed by atoms with Gasteiger partial charge in [-0.1, -0.05) is 32.0 Å². The molecule has 0 aliphatic heterocycles. The van der Waals surface area contributed by atoms with Crippen molar-refractivity contribution in [2.75, 3.05) is 0 Å². The Hall–Kier alpha value is -0.820. The quantitative estimate of drug-likeness (QED) is 0.779. The maximum atomic E-state index is 6.17. The van der Waals surface area contributed by atoms with Gasteiger partial charge in [0.05, 0.1) is 0 Å². The van der Waals surface area contributed by atoms with Gasteiger partial charge in [0, 0.05) is 6.04 Å². The molecule has 1 nitrogen and oxygen atoms in total. The van der Waals surface area contributed by atoms with Gasteiger partial charge in [0.1, 0.15) is 0 Å². The number of benzene rings is 1. The van der Waals surface area contributed by atoms with Crippen molar-refractivity contribution in [1.82, 2.24) is 0 Å². The van der Waals surface area contributed by atoms with Gasteiger partial charge in [-0.2, -0.15) is 0 Å². The van der Waals surface area contributed by atoms with E-state index in [-0.39, 0.29) is 6.04 Å². The molecule has 0 aliphatic rings. The van der Waals surface area contributed by atoms with Gasteiger partial charge >= 0.3 is 0 Å². The number of rotatable bonds is 3. The van der Waals surface area contributed by atoms with E-state index in [1.54, 1.807) is 0 Å².